The maximum atomic E-state index is 5.88. The van der Waals surface area contributed by atoms with Crippen LogP contribution in [0, 0.1) is 13.8 Å². The number of nitrogens with zero attached hydrogens (tertiary/aromatic N) is 5. The Morgan fingerprint density at radius 2 is 2.10 bits per heavy atom. The highest BCUT2D eigenvalue weighted by Crippen LogP contribution is 2.18. The molecule has 0 spiro atoms. The molecular formula is C14H16ClN5O. The highest BCUT2D eigenvalue weighted by Gasteiger charge is 2.14. The summed E-state index contributed by atoms with van der Waals surface area (Å²) in [4.78, 5) is 13.3. The van der Waals surface area contributed by atoms with E-state index in [0.717, 1.165) is 22.6 Å². The highest BCUT2D eigenvalue weighted by molar-refractivity contribution is 6.17. The van der Waals surface area contributed by atoms with Gasteiger partial charge >= 0.3 is 0 Å². The second-order valence-corrected chi connectivity index (χ2v) is 5.28. The van der Waals surface area contributed by atoms with E-state index < -0.39 is 0 Å². The first kappa shape index (κ1) is 14.0. The molecule has 7 heteroatoms. The molecule has 0 fully saturated rings. The molecule has 0 saturated heterocycles. The van der Waals surface area contributed by atoms with Crippen molar-refractivity contribution in [3.63, 3.8) is 0 Å². The molecule has 3 aromatic heterocycles. The lowest BCUT2D eigenvalue weighted by atomic mass is 10.3. The van der Waals surface area contributed by atoms with E-state index in [-0.39, 0.29) is 0 Å². The number of fused-ring (bicyclic) bond motifs is 1. The van der Waals surface area contributed by atoms with E-state index in [1.165, 1.54) is 0 Å². The van der Waals surface area contributed by atoms with Crippen LogP contribution in [0.5, 0.6) is 0 Å². The Balaban J connectivity index is 1.95. The molecule has 21 heavy (non-hydrogen) atoms. The van der Waals surface area contributed by atoms with Gasteiger partial charge in [0.05, 0.1) is 0 Å². The number of aryl methyl sites for hydroxylation is 5. The minimum atomic E-state index is 0.530. The summed E-state index contributed by atoms with van der Waals surface area (Å²) in [5, 5.41) is 3.80. The molecule has 0 aromatic carbocycles. The molecule has 0 saturated carbocycles. The topological polar surface area (TPSA) is 69.6 Å². The number of hydrogen-bond acceptors (Lipinski definition) is 5. The van der Waals surface area contributed by atoms with Gasteiger partial charge in [0.15, 0.2) is 11.5 Å². The van der Waals surface area contributed by atoms with E-state index in [2.05, 4.69) is 24.7 Å². The van der Waals surface area contributed by atoms with Crippen molar-refractivity contribution in [1.29, 1.82) is 0 Å². The van der Waals surface area contributed by atoms with Crippen LogP contribution in [0.4, 0.5) is 0 Å². The van der Waals surface area contributed by atoms with E-state index in [4.69, 9.17) is 16.1 Å². The second-order valence-electron chi connectivity index (χ2n) is 4.90. The van der Waals surface area contributed by atoms with Crippen molar-refractivity contribution >= 4 is 22.8 Å². The first-order valence-electron chi connectivity index (χ1n) is 6.85. The summed E-state index contributed by atoms with van der Waals surface area (Å²) in [6, 6.07) is 1.96. The molecule has 0 radical (unpaired) electrons. The fourth-order valence-corrected chi connectivity index (χ4v) is 2.51. The molecule has 110 valence electrons. The summed E-state index contributed by atoms with van der Waals surface area (Å²) in [5.74, 6) is 2.74. The molecule has 0 atom stereocenters. The Morgan fingerprint density at radius 3 is 2.81 bits per heavy atom. The van der Waals surface area contributed by atoms with Crippen LogP contribution in [0.25, 0.3) is 11.2 Å². The van der Waals surface area contributed by atoms with E-state index in [0.29, 0.717) is 37.0 Å². The first-order chi connectivity index (χ1) is 10.2. The molecule has 0 aliphatic carbocycles. The first-order valence-corrected chi connectivity index (χ1v) is 7.38. The molecule has 6 nitrogen and oxygen atoms in total. The molecule has 0 amide bonds. The maximum absolute atomic E-state index is 5.88. The van der Waals surface area contributed by atoms with Crippen LogP contribution in [0.15, 0.2) is 16.8 Å². The van der Waals surface area contributed by atoms with Gasteiger partial charge in [-0.3, -0.25) is 0 Å². The van der Waals surface area contributed by atoms with E-state index in [9.17, 15) is 0 Å². The lowest BCUT2D eigenvalue weighted by Crippen LogP contribution is -2.08. The van der Waals surface area contributed by atoms with Crippen molar-refractivity contribution in [2.75, 3.05) is 5.88 Å². The predicted molar refractivity (Wildman–Crippen MR) is 79.4 cm³/mol. The predicted octanol–water partition coefficient (Wildman–Crippen LogP) is 2.46. The Hall–Kier alpha value is -1.95. The fourth-order valence-electron chi connectivity index (χ4n) is 2.34. The molecule has 3 rings (SSSR count). The van der Waals surface area contributed by atoms with Crippen molar-refractivity contribution in [3.05, 3.63) is 35.4 Å². The van der Waals surface area contributed by atoms with Gasteiger partial charge in [0.25, 0.3) is 0 Å². The number of aromatic nitrogens is 5. The molecule has 0 N–H and O–H groups in total. The summed E-state index contributed by atoms with van der Waals surface area (Å²) < 4.78 is 7.24. The maximum Gasteiger partial charge on any atom is 0.228 e. The third-order valence-corrected chi connectivity index (χ3v) is 3.54. The van der Waals surface area contributed by atoms with Gasteiger partial charge in [-0.1, -0.05) is 5.16 Å². The van der Waals surface area contributed by atoms with Crippen molar-refractivity contribution in [1.82, 2.24) is 24.7 Å². The van der Waals surface area contributed by atoms with Crippen LogP contribution in [0.2, 0.25) is 0 Å². The lowest BCUT2D eigenvalue weighted by Gasteiger charge is -2.05. The van der Waals surface area contributed by atoms with Gasteiger partial charge in [-0.2, -0.15) is 4.98 Å². The monoisotopic (exact) mass is 305 g/mol. The zero-order chi connectivity index (χ0) is 14.8. The average Bonchev–Trinajstić information content (AvgIpc) is 3.02. The summed E-state index contributed by atoms with van der Waals surface area (Å²) in [6.07, 6.45) is 3.16. The SMILES string of the molecule is Cc1noc(CCn2c(CCCl)nc3c(C)ccnc32)n1. The van der Waals surface area contributed by atoms with Gasteiger partial charge in [-0.15, -0.1) is 11.6 Å². The third-order valence-electron chi connectivity index (χ3n) is 3.35. The van der Waals surface area contributed by atoms with Crippen molar-refractivity contribution in [2.24, 2.45) is 0 Å². The van der Waals surface area contributed by atoms with Crippen molar-refractivity contribution in [2.45, 2.75) is 33.2 Å². The molecule has 0 unspecified atom stereocenters. The number of halogens is 1. The summed E-state index contributed by atoms with van der Waals surface area (Å²) >= 11 is 5.88. The molecular weight excluding hydrogens is 290 g/mol. The van der Waals surface area contributed by atoms with Gasteiger partial charge in [0.1, 0.15) is 11.3 Å². The minimum absolute atomic E-state index is 0.530. The quantitative estimate of drug-likeness (QED) is 0.677. The van der Waals surface area contributed by atoms with Crippen LogP contribution in [0.1, 0.15) is 23.1 Å². The lowest BCUT2D eigenvalue weighted by molar-refractivity contribution is 0.368. The van der Waals surface area contributed by atoms with E-state index in [1.54, 1.807) is 6.20 Å². The average molecular weight is 306 g/mol. The molecule has 3 heterocycles. The van der Waals surface area contributed by atoms with Gasteiger partial charge in [-0.05, 0) is 25.5 Å². The number of pyridine rings is 1. The summed E-state index contributed by atoms with van der Waals surface area (Å²) in [6.45, 7) is 4.54. The number of rotatable bonds is 5. The minimum Gasteiger partial charge on any atom is -0.339 e. The van der Waals surface area contributed by atoms with Gasteiger partial charge in [0.2, 0.25) is 5.89 Å². The van der Waals surface area contributed by atoms with Crippen LogP contribution in [-0.2, 0) is 19.4 Å². The Labute approximate surface area is 127 Å². The molecule has 0 aliphatic rings. The van der Waals surface area contributed by atoms with E-state index in [1.807, 2.05) is 19.9 Å². The number of alkyl halides is 1. The second kappa shape index (κ2) is 5.81. The van der Waals surface area contributed by atoms with E-state index >= 15 is 0 Å². The fraction of sp³-hybridized carbons (Fsp3) is 0.429. The largest absolute Gasteiger partial charge is 0.339 e. The Morgan fingerprint density at radius 1 is 1.24 bits per heavy atom. The van der Waals surface area contributed by atoms with Gasteiger partial charge in [-0.25, -0.2) is 9.97 Å². The molecule has 0 aliphatic heterocycles. The number of hydrogen-bond donors (Lipinski definition) is 0. The molecule has 0 bridgehead atoms. The Kier molecular flexibility index (Phi) is 3.88. The number of imidazole rings is 1. The summed E-state index contributed by atoms with van der Waals surface area (Å²) in [7, 11) is 0. The summed E-state index contributed by atoms with van der Waals surface area (Å²) in [5.41, 5.74) is 2.92. The highest BCUT2D eigenvalue weighted by atomic mass is 35.5. The van der Waals surface area contributed by atoms with Crippen LogP contribution >= 0.6 is 11.6 Å². The normalized spacial score (nSPS) is 11.4. The Bertz CT molecular complexity index is 764. The van der Waals surface area contributed by atoms with Crippen LogP contribution in [0.3, 0.4) is 0 Å². The van der Waals surface area contributed by atoms with Crippen molar-refractivity contribution < 1.29 is 4.52 Å². The van der Waals surface area contributed by atoms with Crippen LogP contribution in [-0.4, -0.2) is 30.6 Å². The zero-order valence-electron chi connectivity index (χ0n) is 12.0. The third kappa shape index (κ3) is 2.76. The zero-order valence-corrected chi connectivity index (χ0v) is 12.8. The smallest absolute Gasteiger partial charge is 0.228 e. The van der Waals surface area contributed by atoms with Crippen LogP contribution < -0.4 is 0 Å². The standard InChI is InChI=1S/C14H16ClN5O/c1-9-4-7-16-14-13(9)18-11(3-6-15)20(14)8-5-12-17-10(2)19-21-12/h4,7H,3,5-6,8H2,1-2H3. The van der Waals surface area contributed by atoms with Gasteiger partial charge in [0, 0.05) is 31.5 Å². The van der Waals surface area contributed by atoms with Crippen molar-refractivity contribution in [3.8, 4) is 0 Å². The van der Waals surface area contributed by atoms with Gasteiger partial charge < -0.3 is 9.09 Å². The molecule has 3 aromatic rings.